The van der Waals surface area contributed by atoms with Gasteiger partial charge in [0.2, 0.25) is 5.91 Å². The lowest BCUT2D eigenvalue weighted by molar-refractivity contribution is -0.124. The smallest absolute Gasteiger partial charge is 0.393 e. The number of hydrogen-bond donors (Lipinski definition) is 5. The maximum absolute atomic E-state index is 12.8. The molecule has 0 aliphatic carbocycles. The molecule has 330 valence electrons. The summed E-state index contributed by atoms with van der Waals surface area (Å²) in [6.07, 6.45) is 46.6. The van der Waals surface area contributed by atoms with Gasteiger partial charge in [0.15, 0.2) is 0 Å². The average Bonchev–Trinajstić information content (AvgIpc) is 3.17. The van der Waals surface area contributed by atoms with E-state index >= 15 is 0 Å². The van der Waals surface area contributed by atoms with Crippen LogP contribution in [0.5, 0.6) is 0 Å². The van der Waals surface area contributed by atoms with E-state index in [9.17, 15) is 24.5 Å². The number of amides is 1. The molecular weight excluding hydrogens is 723 g/mol. The quantitative estimate of drug-likeness (QED) is 0.0232. The maximum atomic E-state index is 12.8. The molecule has 0 saturated carbocycles. The molecule has 9 nitrogen and oxygen atoms in total. The second kappa shape index (κ2) is 41.8. The summed E-state index contributed by atoms with van der Waals surface area (Å²) >= 11 is 0. The molecule has 4 unspecified atom stereocenters. The average molecular weight is 813 g/mol. The molecule has 0 rings (SSSR count). The van der Waals surface area contributed by atoms with Crippen molar-refractivity contribution in [2.24, 2.45) is 5.73 Å². The van der Waals surface area contributed by atoms with Gasteiger partial charge in [-0.15, -0.1) is 0 Å². The molecule has 10 heteroatoms. The Balaban J connectivity index is 4.24. The van der Waals surface area contributed by atoms with E-state index in [0.29, 0.717) is 6.42 Å². The van der Waals surface area contributed by atoms with Crippen LogP contribution < -0.4 is 11.1 Å². The SMILES string of the molecule is CC/C=C\C/C=C\CCCCCCCCCCCCCCC(O)CC(=O)NC(COP(=O)(O)OCCN)C(O)/C=C/CCCCCCCCCCCCCCC. The first-order valence-electron chi connectivity index (χ1n) is 23.2. The number of aliphatic hydroxyl groups excluding tert-OH is 2. The molecule has 56 heavy (non-hydrogen) atoms. The zero-order valence-corrected chi connectivity index (χ0v) is 37.1. The number of nitrogens with two attached hydrogens (primary N) is 1. The van der Waals surface area contributed by atoms with E-state index in [1.165, 1.54) is 135 Å². The molecular formula is C46H89N2O7P. The summed E-state index contributed by atoms with van der Waals surface area (Å²) in [5.41, 5.74) is 5.37. The van der Waals surface area contributed by atoms with Crippen molar-refractivity contribution in [3.63, 3.8) is 0 Å². The van der Waals surface area contributed by atoms with Gasteiger partial charge < -0.3 is 26.2 Å². The number of carbonyl (C=O) groups excluding carboxylic acids is 1. The number of rotatable bonds is 43. The lowest BCUT2D eigenvalue weighted by Gasteiger charge is -2.24. The van der Waals surface area contributed by atoms with Gasteiger partial charge in [0.1, 0.15) is 0 Å². The first-order valence-corrected chi connectivity index (χ1v) is 24.7. The largest absolute Gasteiger partial charge is 0.472 e. The molecule has 4 atom stereocenters. The third-order valence-electron chi connectivity index (χ3n) is 10.3. The standard InChI is InChI=1S/C46H89N2O7P/c1-3-5-7-9-11-13-15-17-19-20-21-22-24-25-27-29-31-33-35-37-43(49)41-46(51)48-44(42-55-56(52,53)54-40-39-47)45(50)38-36-34-32-30-28-26-23-18-16-14-12-10-8-6-4-2/h5,7,11,13,36,38,43-45,49-50H,3-4,6,8-10,12,14-35,37,39-42,47H2,1-2H3,(H,48,51)(H,52,53)/b7-5-,13-11-,38-36+. The Morgan fingerprint density at radius 2 is 1.11 bits per heavy atom. The zero-order chi connectivity index (χ0) is 41.2. The van der Waals surface area contributed by atoms with Crippen molar-refractivity contribution in [1.82, 2.24) is 5.32 Å². The number of phosphoric acid groups is 1. The van der Waals surface area contributed by atoms with Crippen LogP contribution in [0.2, 0.25) is 0 Å². The van der Waals surface area contributed by atoms with Crippen LogP contribution in [0.3, 0.4) is 0 Å². The predicted octanol–water partition coefficient (Wildman–Crippen LogP) is 12.1. The summed E-state index contributed by atoms with van der Waals surface area (Å²) in [6.45, 7) is 3.88. The van der Waals surface area contributed by atoms with Gasteiger partial charge in [-0.25, -0.2) is 4.57 Å². The molecule has 0 aromatic rings. The molecule has 0 spiro atoms. The van der Waals surface area contributed by atoms with Crippen molar-refractivity contribution < 1.29 is 33.5 Å². The normalized spacial score (nSPS) is 14.9. The highest BCUT2D eigenvalue weighted by molar-refractivity contribution is 7.47. The van der Waals surface area contributed by atoms with Gasteiger partial charge in [0.05, 0.1) is 37.9 Å². The van der Waals surface area contributed by atoms with Crippen LogP contribution in [0.1, 0.15) is 213 Å². The number of unbranched alkanes of at least 4 members (excludes halogenated alkanes) is 25. The Kier molecular flexibility index (Phi) is 40.8. The second-order valence-corrected chi connectivity index (χ2v) is 17.2. The molecule has 6 N–H and O–H groups in total. The number of nitrogens with one attached hydrogen (secondary N) is 1. The Labute approximate surface area is 344 Å². The van der Waals surface area contributed by atoms with Crippen LogP contribution in [0.4, 0.5) is 0 Å². The first kappa shape index (κ1) is 54.7. The van der Waals surface area contributed by atoms with Gasteiger partial charge in [-0.3, -0.25) is 13.8 Å². The van der Waals surface area contributed by atoms with Crippen molar-refractivity contribution >= 4 is 13.7 Å². The van der Waals surface area contributed by atoms with E-state index in [1.807, 2.05) is 6.08 Å². The van der Waals surface area contributed by atoms with Gasteiger partial charge >= 0.3 is 7.82 Å². The molecule has 0 aliphatic heterocycles. The van der Waals surface area contributed by atoms with Crippen LogP contribution in [0.15, 0.2) is 36.5 Å². The van der Waals surface area contributed by atoms with Crippen molar-refractivity contribution in [3.05, 3.63) is 36.5 Å². The zero-order valence-electron chi connectivity index (χ0n) is 36.2. The van der Waals surface area contributed by atoms with Crippen molar-refractivity contribution in [2.45, 2.75) is 231 Å². The van der Waals surface area contributed by atoms with Gasteiger partial charge in [-0.05, 0) is 44.9 Å². The molecule has 0 radical (unpaired) electrons. The molecule has 0 heterocycles. The summed E-state index contributed by atoms with van der Waals surface area (Å²) in [6, 6.07) is -0.982. The summed E-state index contributed by atoms with van der Waals surface area (Å²) in [5.74, 6) is -0.446. The maximum Gasteiger partial charge on any atom is 0.472 e. The first-order chi connectivity index (χ1) is 27.3. The van der Waals surface area contributed by atoms with Crippen LogP contribution in [-0.4, -0.2) is 59.0 Å². The van der Waals surface area contributed by atoms with Gasteiger partial charge in [-0.1, -0.05) is 198 Å². The summed E-state index contributed by atoms with van der Waals surface area (Å²) in [7, 11) is -4.40. The fourth-order valence-electron chi connectivity index (χ4n) is 6.80. The Morgan fingerprint density at radius 1 is 0.643 bits per heavy atom. The molecule has 0 saturated heterocycles. The summed E-state index contributed by atoms with van der Waals surface area (Å²) < 4.78 is 22.1. The Morgan fingerprint density at radius 3 is 1.61 bits per heavy atom. The third kappa shape index (κ3) is 39.5. The van der Waals surface area contributed by atoms with Crippen LogP contribution >= 0.6 is 7.82 Å². The lowest BCUT2D eigenvalue weighted by atomic mass is 10.0. The Hall–Kier alpha value is -1.32. The molecule has 1 amide bonds. The van der Waals surface area contributed by atoms with E-state index in [1.54, 1.807) is 6.08 Å². The van der Waals surface area contributed by atoms with E-state index < -0.39 is 38.6 Å². The predicted molar refractivity (Wildman–Crippen MR) is 237 cm³/mol. The topological polar surface area (TPSA) is 151 Å². The van der Waals surface area contributed by atoms with E-state index in [-0.39, 0.29) is 19.6 Å². The molecule has 0 aromatic carbocycles. The summed E-state index contributed by atoms with van der Waals surface area (Å²) in [5, 5.41) is 24.1. The fourth-order valence-corrected chi connectivity index (χ4v) is 7.56. The number of hydrogen-bond acceptors (Lipinski definition) is 7. The summed E-state index contributed by atoms with van der Waals surface area (Å²) in [4.78, 5) is 22.8. The molecule has 0 aliphatic rings. The number of allylic oxidation sites excluding steroid dienone is 5. The van der Waals surface area contributed by atoms with Crippen LogP contribution in [0, 0.1) is 0 Å². The minimum atomic E-state index is -4.40. The van der Waals surface area contributed by atoms with Gasteiger partial charge in [-0.2, -0.15) is 0 Å². The number of carbonyl (C=O) groups is 1. The van der Waals surface area contributed by atoms with Gasteiger partial charge in [0, 0.05) is 6.54 Å². The molecule has 0 fully saturated rings. The highest BCUT2D eigenvalue weighted by Crippen LogP contribution is 2.43. The minimum Gasteiger partial charge on any atom is -0.393 e. The monoisotopic (exact) mass is 813 g/mol. The minimum absolute atomic E-state index is 0.0490. The van der Waals surface area contributed by atoms with Crippen molar-refractivity contribution in [2.75, 3.05) is 19.8 Å². The Bertz CT molecular complexity index is 993. The number of aliphatic hydroxyl groups is 2. The van der Waals surface area contributed by atoms with Crippen molar-refractivity contribution in [3.8, 4) is 0 Å². The van der Waals surface area contributed by atoms with Crippen molar-refractivity contribution in [1.29, 1.82) is 0 Å². The second-order valence-electron chi connectivity index (χ2n) is 15.8. The van der Waals surface area contributed by atoms with Gasteiger partial charge in [0.25, 0.3) is 0 Å². The van der Waals surface area contributed by atoms with E-state index in [4.69, 9.17) is 14.8 Å². The van der Waals surface area contributed by atoms with Crippen LogP contribution in [0.25, 0.3) is 0 Å². The highest BCUT2D eigenvalue weighted by Gasteiger charge is 2.27. The van der Waals surface area contributed by atoms with Crippen LogP contribution in [-0.2, 0) is 18.4 Å². The third-order valence-corrected chi connectivity index (χ3v) is 11.3. The molecule has 0 bridgehead atoms. The van der Waals surface area contributed by atoms with E-state index in [0.717, 1.165) is 51.4 Å². The fraction of sp³-hybridized carbons (Fsp3) is 0.848. The lowest BCUT2D eigenvalue weighted by Crippen LogP contribution is -2.46. The highest BCUT2D eigenvalue weighted by atomic mass is 31.2. The number of phosphoric ester groups is 1. The molecule has 0 aromatic heterocycles. The van der Waals surface area contributed by atoms with E-state index in [2.05, 4.69) is 43.5 Å².